The first-order valence-electron chi connectivity index (χ1n) is 42.5. The maximum atomic E-state index is 11.7. The fourth-order valence-electron chi connectivity index (χ4n) is 14.4. The highest BCUT2D eigenvalue weighted by molar-refractivity contribution is 7.90. The molecule has 0 N–H and O–H groups in total. The number of hydrogen-bond donors (Lipinski definition) is 0. The Morgan fingerprint density at radius 2 is 0.853 bits per heavy atom. The van der Waals surface area contributed by atoms with Crippen LogP contribution < -0.4 is 37.9 Å². The van der Waals surface area contributed by atoms with Gasteiger partial charge in [0.2, 0.25) is 20.0 Å². The molecule has 8 aromatic carbocycles. The first-order valence-corrected chi connectivity index (χ1v) is 52.0. The van der Waals surface area contributed by atoms with Gasteiger partial charge in [0.05, 0.1) is 139 Å². The Labute approximate surface area is 811 Å². The average Bonchev–Trinajstić information content (AvgIpc) is 1.10. The summed E-state index contributed by atoms with van der Waals surface area (Å²) in [4.78, 5) is 16.7. The molecule has 1 aliphatic rings. The molecule has 1 fully saturated rings. The molecule has 0 saturated carbocycles. The molecule has 1 saturated heterocycles. The summed E-state index contributed by atoms with van der Waals surface area (Å²) in [7, 11) is -13.2. The van der Waals surface area contributed by atoms with Crippen LogP contribution in [0, 0.1) is 51.2 Å². The van der Waals surface area contributed by atoms with Crippen molar-refractivity contribution in [3.8, 4) is 93.0 Å². The standard InChI is InChI=1S/C25H28ClN3O4S.C24H21Cl2N5O4S.2C23H21ClN4O4S/c1-3-12-32-25-20(16-27)13-21(15-23(25)26)29-11-8-19-14-22(4-5-24(19)29)33-17-18-6-9-28(10-7-18)34(2,30)31;1-3-8-34-24-15(11-27)9-17(10-18(24)25)31-14-29-23-19(31)4-5-20(22(23)26)35-12-16-6-7-28-21(30-16)13-36(2,32)33;1-3-8-31-23-18(12-25)9-19(11-21(23)24)27-7-6-17-10-20(4-5-22(17)27)32-15-16-13-26-28(14-16)33(2,29)30;1-3-8-31-23-17(12-25)9-19(11-21(23)24)28-7-6-16-10-20(4-5-22(16)28)32-14-18-13-27(15-26-18)33(2,29)30/h4-5,8,11,13-15,18H,3,6-7,9-10,12,17H2,1-2H3;4-7,9-10,14H,3,8,12-13H2,1-2H3;4-7,9-11,13-14H,3,8,15H2,1-2H3;4-7,9-11,13,15H,3,8,14H2,1-2H3. The molecule has 16 rings (SSSR count). The van der Waals surface area contributed by atoms with Gasteiger partial charge >= 0.3 is 0 Å². The van der Waals surface area contributed by atoms with E-state index in [2.05, 4.69) is 49.3 Å². The van der Waals surface area contributed by atoms with E-state index in [9.17, 15) is 54.7 Å². The van der Waals surface area contributed by atoms with E-state index in [1.165, 1.54) is 41.7 Å². The second-order valence-corrected chi connectivity index (χ2v) is 41.3. The van der Waals surface area contributed by atoms with Crippen molar-refractivity contribution < 1.29 is 71.6 Å². The number of halogens is 5. The Bertz CT molecular complexity index is 7390. The second-order valence-electron chi connectivity index (χ2n) is 31.4. The van der Waals surface area contributed by atoms with Gasteiger partial charge in [0.15, 0.2) is 32.8 Å². The van der Waals surface area contributed by atoms with E-state index in [1.807, 2.05) is 133 Å². The van der Waals surface area contributed by atoms with E-state index in [0.717, 1.165) is 121 Å². The third kappa shape index (κ3) is 25.0. The number of sulfonamides is 1. The second kappa shape index (κ2) is 44.6. The van der Waals surface area contributed by atoms with E-state index in [1.54, 1.807) is 77.6 Å². The molecular weight excluding hydrogens is 1930 g/mol. The first-order chi connectivity index (χ1) is 65.1. The lowest BCUT2D eigenvalue weighted by Gasteiger charge is -2.30. The fourth-order valence-corrected chi connectivity index (χ4v) is 18.3. The maximum Gasteiger partial charge on any atom is 0.250 e. The summed E-state index contributed by atoms with van der Waals surface area (Å²) in [5.41, 5.74) is 10.0. The van der Waals surface area contributed by atoms with Crippen molar-refractivity contribution in [2.24, 2.45) is 5.92 Å². The van der Waals surface area contributed by atoms with Crippen LogP contribution in [-0.4, -0.2) is 160 Å². The summed E-state index contributed by atoms with van der Waals surface area (Å²) in [6.07, 6.45) is 23.8. The van der Waals surface area contributed by atoms with Crippen LogP contribution in [0.5, 0.6) is 46.0 Å². The Hall–Kier alpha value is -13.1. The largest absolute Gasteiger partial charge is 0.493 e. The Morgan fingerprint density at radius 1 is 0.426 bits per heavy atom. The number of rotatable bonds is 33. The number of ether oxygens (including phenoxy) is 8. The third-order valence-electron chi connectivity index (χ3n) is 20.9. The van der Waals surface area contributed by atoms with Gasteiger partial charge in [-0.3, -0.25) is 4.57 Å². The molecule has 0 bridgehead atoms. The number of piperidine rings is 1. The van der Waals surface area contributed by atoms with Gasteiger partial charge in [-0.2, -0.15) is 30.2 Å². The van der Waals surface area contributed by atoms with Crippen molar-refractivity contribution in [3.63, 3.8) is 0 Å². The molecular formula is C95H91Cl5N16O16S4. The van der Waals surface area contributed by atoms with Crippen molar-refractivity contribution in [2.45, 2.75) is 91.8 Å². The highest BCUT2D eigenvalue weighted by Crippen LogP contribution is 2.41. The highest BCUT2D eigenvalue weighted by Gasteiger charge is 2.27. The number of nitrogens with zero attached hydrogens (tertiary/aromatic N) is 16. The summed E-state index contributed by atoms with van der Waals surface area (Å²) >= 11 is 32.3. The molecule has 32 nitrogen and oxygen atoms in total. The smallest absolute Gasteiger partial charge is 0.250 e. The Kier molecular flexibility index (Phi) is 32.9. The van der Waals surface area contributed by atoms with E-state index in [0.29, 0.717) is 173 Å². The number of benzene rings is 8. The predicted octanol–water partition coefficient (Wildman–Crippen LogP) is 19.0. The topological polar surface area (TPSA) is 403 Å². The number of fused-ring (bicyclic) bond motifs is 4. The number of imidazole rings is 2. The van der Waals surface area contributed by atoms with Crippen molar-refractivity contribution in [1.82, 2.24) is 55.7 Å². The van der Waals surface area contributed by atoms with Crippen LogP contribution in [0.25, 0.3) is 66.5 Å². The van der Waals surface area contributed by atoms with Crippen LogP contribution in [0.2, 0.25) is 25.1 Å². The minimum absolute atomic E-state index is 0.0611. The monoisotopic (exact) mass is 2010 g/mol. The van der Waals surface area contributed by atoms with E-state index in [4.69, 9.17) is 95.9 Å². The van der Waals surface area contributed by atoms with Crippen LogP contribution in [-0.2, 0) is 65.5 Å². The van der Waals surface area contributed by atoms with E-state index in [-0.39, 0.29) is 31.4 Å². The molecule has 706 valence electrons. The summed E-state index contributed by atoms with van der Waals surface area (Å²) in [6, 6.07) is 50.8. The van der Waals surface area contributed by atoms with E-state index < -0.39 is 39.9 Å². The lowest BCUT2D eigenvalue weighted by Crippen LogP contribution is -2.39. The molecule has 15 aromatic rings. The summed E-state index contributed by atoms with van der Waals surface area (Å²) < 4.78 is 150. The van der Waals surface area contributed by atoms with Gasteiger partial charge < -0.3 is 51.6 Å². The Morgan fingerprint density at radius 3 is 1.26 bits per heavy atom. The van der Waals surface area contributed by atoms with Crippen LogP contribution in [0.4, 0.5) is 0 Å². The molecule has 0 amide bonds. The molecule has 136 heavy (non-hydrogen) atoms. The molecule has 0 aliphatic carbocycles. The lowest BCUT2D eigenvalue weighted by molar-refractivity contribution is 0.186. The molecule has 0 radical (unpaired) electrons. The molecule has 0 unspecified atom stereocenters. The third-order valence-corrected chi connectivity index (χ3v) is 26.3. The van der Waals surface area contributed by atoms with Crippen molar-refractivity contribution in [1.29, 1.82) is 21.0 Å². The normalized spacial score (nSPS) is 12.4. The molecule has 8 heterocycles. The van der Waals surface area contributed by atoms with Crippen molar-refractivity contribution >= 4 is 142 Å². The van der Waals surface area contributed by atoms with Gasteiger partial charge in [0, 0.05) is 95.3 Å². The average molecular weight is 2020 g/mol. The number of hydrogen-bond acceptors (Lipinski definition) is 25. The zero-order valence-electron chi connectivity index (χ0n) is 74.8. The van der Waals surface area contributed by atoms with Crippen LogP contribution >= 0.6 is 58.0 Å². The van der Waals surface area contributed by atoms with Crippen LogP contribution in [0.1, 0.15) is 111 Å². The minimum Gasteiger partial charge on any atom is -0.493 e. The van der Waals surface area contributed by atoms with Gasteiger partial charge in [-0.15, -0.1) is 0 Å². The first kappa shape index (κ1) is 100. The van der Waals surface area contributed by atoms with Gasteiger partial charge in [0.1, 0.15) is 102 Å². The SMILES string of the molecule is CCCOc1c(Cl)cc(-n2ccc3cc(OCC4CCN(S(C)(=O)=O)CC4)ccc32)cc1C#N.CCCOc1c(Cl)cc(-n2ccc3cc(OCc4cn(S(C)(=O)=O)cn4)ccc32)cc1C#N.CCCOc1c(Cl)cc(-n2ccc3cc(OCc4cnn(S(C)(=O)=O)c4)ccc32)cc1C#N.CCCOc1c(Cl)cc(-n2cnc3c(Cl)c(OCc4ccnc(CS(C)(=O)=O)n4)ccc32)cc1C#N. The molecule has 7 aromatic heterocycles. The van der Waals surface area contributed by atoms with Crippen molar-refractivity contribution in [2.75, 3.05) is 71.1 Å². The number of sulfone groups is 1. The number of nitriles is 4. The summed E-state index contributed by atoms with van der Waals surface area (Å²) in [5.74, 6) is 4.25. The van der Waals surface area contributed by atoms with Crippen molar-refractivity contribution in [3.05, 3.63) is 266 Å². The molecule has 1 aliphatic heterocycles. The van der Waals surface area contributed by atoms with Gasteiger partial charge in [-0.1, -0.05) is 85.7 Å². The Balaban J connectivity index is 0.000000153. The summed E-state index contributed by atoms with van der Waals surface area (Å²) in [6.45, 7) is 11.9. The van der Waals surface area contributed by atoms with Crippen LogP contribution in [0.3, 0.4) is 0 Å². The van der Waals surface area contributed by atoms with Gasteiger partial charge in [0.25, 0.3) is 10.0 Å². The summed E-state index contributed by atoms with van der Waals surface area (Å²) in [5, 5.41) is 46.8. The predicted molar refractivity (Wildman–Crippen MR) is 521 cm³/mol. The quantitative estimate of drug-likeness (QED) is 0.0368. The zero-order chi connectivity index (χ0) is 97.3. The highest BCUT2D eigenvalue weighted by atomic mass is 35.5. The number of aromatic nitrogens is 11. The fraction of sp³-hybridized carbons (Fsp3) is 0.274. The zero-order valence-corrected chi connectivity index (χ0v) is 81.8. The molecule has 0 atom stereocenters. The maximum absolute atomic E-state index is 11.7. The lowest BCUT2D eigenvalue weighted by atomic mass is 9.99. The van der Waals surface area contributed by atoms with Gasteiger partial charge in [-0.25, -0.2) is 61.9 Å². The molecule has 41 heteroatoms. The van der Waals surface area contributed by atoms with E-state index >= 15 is 0 Å². The minimum atomic E-state index is -3.42. The van der Waals surface area contributed by atoms with Crippen LogP contribution in [0.15, 0.2) is 196 Å². The molecule has 0 spiro atoms. The van der Waals surface area contributed by atoms with Gasteiger partial charge in [-0.05, 0) is 184 Å².